The fourth-order valence-electron chi connectivity index (χ4n) is 1.05. The van der Waals surface area contributed by atoms with Crippen LogP contribution >= 0.6 is 0 Å². The molecule has 1 atom stereocenters. The van der Waals surface area contributed by atoms with E-state index in [2.05, 4.69) is 0 Å². The predicted octanol–water partition coefficient (Wildman–Crippen LogP) is 1.61. The Bertz CT molecular complexity index is 164. The average molecular weight is 186 g/mol. The molecule has 1 aliphatic rings. The number of rotatable bonds is 6. The van der Waals surface area contributed by atoms with E-state index in [0.29, 0.717) is 13.2 Å². The smallest absolute Gasteiger partial charge is 0.310 e. The normalized spacial score (nSPS) is 18.3. The molecule has 13 heavy (non-hydrogen) atoms. The molecule has 0 aromatic heterocycles. The second-order valence-corrected chi connectivity index (χ2v) is 3.63. The molecule has 0 amide bonds. The zero-order valence-electron chi connectivity index (χ0n) is 8.41. The first-order chi connectivity index (χ1) is 6.24. The van der Waals surface area contributed by atoms with Crippen LogP contribution < -0.4 is 0 Å². The van der Waals surface area contributed by atoms with E-state index >= 15 is 0 Å². The topological polar surface area (TPSA) is 35.5 Å². The first kappa shape index (κ1) is 10.5. The summed E-state index contributed by atoms with van der Waals surface area (Å²) >= 11 is 0. The van der Waals surface area contributed by atoms with Gasteiger partial charge in [-0.1, -0.05) is 0 Å². The minimum Gasteiger partial charge on any atom is -0.466 e. The van der Waals surface area contributed by atoms with Crippen LogP contribution in [0.15, 0.2) is 0 Å². The van der Waals surface area contributed by atoms with Gasteiger partial charge in [-0.2, -0.15) is 0 Å². The molecule has 0 aromatic carbocycles. The van der Waals surface area contributed by atoms with Crippen molar-refractivity contribution in [2.24, 2.45) is 11.8 Å². The molecule has 1 saturated carbocycles. The van der Waals surface area contributed by atoms with Crippen LogP contribution in [-0.4, -0.2) is 25.8 Å². The number of hydrogen-bond acceptors (Lipinski definition) is 3. The lowest BCUT2D eigenvalue weighted by atomic mass is 10.2. The van der Waals surface area contributed by atoms with Crippen molar-refractivity contribution in [2.75, 3.05) is 19.8 Å². The van der Waals surface area contributed by atoms with Crippen LogP contribution in [0.3, 0.4) is 0 Å². The van der Waals surface area contributed by atoms with Crippen molar-refractivity contribution >= 4 is 5.97 Å². The molecule has 0 bridgehead atoms. The largest absolute Gasteiger partial charge is 0.466 e. The van der Waals surface area contributed by atoms with Crippen molar-refractivity contribution < 1.29 is 14.3 Å². The Morgan fingerprint density at radius 1 is 1.54 bits per heavy atom. The van der Waals surface area contributed by atoms with Crippen LogP contribution in [0, 0.1) is 11.8 Å². The highest BCUT2D eigenvalue weighted by molar-refractivity contribution is 5.72. The van der Waals surface area contributed by atoms with Gasteiger partial charge in [0.05, 0.1) is 19.1 Å². The third-order valence-electron chi connectivity index (χ3n) is 2.11. The standard InChI is InChI=1S/C10H18O3/c1-3-13-10(11)8(2)6-12-7-9-4-5-9/h8-9H,3-7H2,1-2H3. The van der Waals surface area contributed by atoms with Crippen LogP contribution in [-0.2, 0) is 14.3 Å². The number of esters is 1. The van der Waals surface area contributed by atoms with Crippen molar-refractivity contribution in [3.8, 4) is 0 Å². The molecule has 0 N–H and O–H groups in total. The SMILES string of the molecule is CCOC(=O)C(C)COCC1CC1. The van der Waals surface area contributed by atoms with Gasteiger partial charge in [-0.15, -0.1) is 0 Å². The van der Waals surface area contributed by atoms with Crippen LogP contribution in [0.1, 0.15) is 26.7 Å². The Hall–Kier alpha value is -0.570. The van der Waals surface area contributed by atoms with Crippen molar-refractivity contribution in [3.05, 3.63) is 0 Å². The lowest BCUT2D eigenvalue weighted by Crippen LogP contribution is -2.20. The quantitative estimate of drug-likeness (QED) is 0.591. The summed E-state index contributed by atoms with van der Waals surface area (Å²) in [5, 5.41) is 0. The Kier molecular flexibility index (Phi) is 4.22. The van der Waals surface area contributed by atoms with E-state index in [4.69, 9.17) is 9.47 Å². The van der Waals surface area contributed by atoms with E-state index in [1.165, 1.54) is 12.8 Å². The van der Waals surface area contributed by atoms with Crippen LogP contribution in [0.25, 0.3) is 0 Å². The fourth-order valence-corrected chi connectivity index (χ4v) is 1.05. The summed E-state index contributed by atoms with van der Waals surface area (Å²) < 4.78 is 10.2. The highest BCUT2D eigenvalue weighted by Crippen LogP contribution is 2.28. The van der Waals surface area contributed by atoms with Gasteiger partial charge >= 0.3 is 5.97 Å². The van der Waals surface area contributed by atoms with E-state index in [1.807, 2.05) is 13.8 Å². The van der Waals surface area contributed by atoms with E-state index < -0.39 is 0 Å². The molecular weight excluding hydrogens is 168 g/mol. The third-order valence-corrected chi connectivity index (χ3v) is 2.11. The van der Waals surface area contributed by atoms with Crippen molar-refractivity contribution in [1.82, 2.24) is 0 Å². The molecule has 0 aliphatic heterocycles. The Morgan fingerprint density at radius 3 is 2.77 bits per heavy atom. The van der Waals surface area contributed by atoms with Gasteiger partial charge in [0.1, 0.15) is 0 Å². The maximum absolute atomic E-state index is 11.1. The Labute approximate surface area is 79.4 Å². The minimum atomic E-state index is -0.154. The Balaban J connectivity index is 2.01. The second kappa shape index (κ2) is 5.22. The molecule has 3 nitrogen and oxygen atoms in total. The van der Waals surface area contributed by atoms with Gasteiger partial charge in [0, 0.05) is 6.61 Å². The van der Waals surface area contributed by atoms with E-state index in [-0.39, 0.29) is 11.9 Å². The summed E-state index contributed by atoms with van der Waals surface area (Å²) in [7, 11) is 0. The number of carbonyl (C=O) groups is 1. The molecule has 1 rings (SSSR count). The fraction of sp³-hybridized carbons (Fsp3) is 0.900. The molecule has 1 fully saturated rings. The van der Waals surface area contributed by atoms with Crippen molar-refractivity contribution in [1.29, 1.82) is 0 Å². The first-order valence-electron chi connectivity index (χ1n) is 4.98. The van der Waals surface area contributed by atoms with Crippen molar-refractivity contribution in [3.63, 3.8) is 0 Å². The highest BCUT2D eigenvalue weighted by Gasteiger charge is 2.22. The molecule has 3 heteroatoms. The molecule has 0 aromatic rings. The minimum absolute atomic E-state index is 0.126. The lowest BCUT2D eigenvalue weighted by molar-refractivity contribution is -0.149. The first-order valence-corrected chi connectivity index (χ1v) is 4.98. The van der Waals surface area contributed by atoms with Crippen LogP contribution in [0.5, 0.6) is 0 Å². The summed E-state index contributed by atoms with van der Waals surface area (Å²) in [6.07, 6.45) is 2.57. The molecule has 1 unspecified atom stereocenters. The highest BCUT2D eigenvalue weighted by atomic mass is 16.5. The van der Waals surface area contributed by atoms with Gasteiger partial charge < -0.3 is 9.47 Å². The van der Waals surface area contributed by atoms with Crippen LogP contribution in [0.2, 0.25) is 0 Å². The van der Waals surface area contributed by atoms with Gasteiger partial charge in [0.15, 0.2) is 0 Å². The summed E-state index contributed by atoms with van der Waals surface area (Å²) in [6, 6.07) is 0. The van der Waals surface area contributed by atoms with Gasteiger partial charge in [-0.25, -0.2) is 0 Å². The summed E-state index contributed by atoms with van der Waals surface area (Å²) in [5.74, 6) is 0.478. The average Bonchev–Trinajstić information content (AvgIpc) is 2.88. The van der Waals surface area contributed by atoms with Gasteiger partial charge in [0.2, 0.25) is 0 Å². The maximum atomic E-state index is 11.1. The number of carbonyl (C=O) groups excluding carboxylic acids is 1. The number of hydrogen-bond donors (Lipinski definition) is 0. The van der Waals surface area contributed by atoms with E-state index in [1.54, 1.807) is 0 Å². The third kappa shape index (κ3) is 4.27. The molecule has 1 aliphatic carbocycles. The monoisotopic (exact) mass is 186 g/mol. The molecule has 0 heterocycles. The summed E-state index contributed by atoms with van der Waals surface area (Å²) in [4.78, 5) is 11.1. The van der Waals surface area contributed by atoms with Gasteiger partial charge in [-0.05, 0) is 32.6 Å². The number of ether oxygens (including phenoxy) is 2. The molecular formula is C10H18O3. The van der Waals surface area contributed by atoms with Gasteiger partial charge in [-0.3, -0.25) is 4.79 Å². The molecule has 0 spiro atoms. The van der Waals surface area contributed by atoms with Crippen molar-refractivity contribution in [2.45, 2.75) is 26.7 Å². The summed E-state index contributed by atoms with van der Waals surface area (Å²) in [5.41, 5.74) is 0. The summed E-state index contributed by atoms with van der Waals surface area (Å²) in [6.45, 7) is 5.41. The predicted molar refractivity (Wildman–Crippen MR) is 49.3 cm³/mol. The van der Waals surface area contributed by atoms with Gasteiger partial charge in [0.25, 0.3) is 0 Å². The van der Waals surface area contributed by atoms with Crippen LogP contribution in [0.4, 0.5) is 0 Å². The molecule has 76 valence electrons. The van der Waals surface area contributed by atoms with E-state index in [0.717, 1.165) is 12.5 Å². The zero-order valence-corrected chi connectivity index (χ0v) is 8.41. The second-order valence-electron chi connectivity index (χ2n) is 3.63. The maximum Gasteiger partial charge on any atom is 0.310 e. The molecule has 0 saturated heterocycles. The zero-order chi connectivity index (χ0) is 9.68. The van der Waals surface area contributed by atoms with E-state index in [9.17, 15) is 4.79 Å². The Morgan fingerprint density at radius 2 is 2.23 bits per heavy atom. The molecule has 0 radical (unpaired) electrons. The lowest BCUT2D eigenvalue weighted by Gasteiger charge is -2.10.